The van der Waals surface area contributed by atoms with E-state index >= 15 is 0 Å². The average molecular weight is 421 g/mol. The predicted octanol–water partition coefficient (Wildman–Crippen LogP) is 3.98. The number of benzene rings is 1. The van der Waals surface area contributed by atoms with Gasteiger partial charge in [-0.15, -0.1) is 0 Å². The average Bonchev–Trinajstić information content (AvgIpc) is 2.79. The predicted molar refractivity (Wildman–Crippen MR) is 126 cm³/mol. The van der Waals surface area contributed by atoms with Crippen molar-refractivity contribution in [3.8, 4) is 17.1 Å². The van der Waals surface area contributed by atoms with Crippen molar-refractivity contribution in [3.63, 3.8) is 0 Å². The Morgan fingerprint density at radius 2 is 1.74 bits per heavy atom. The van der Waals surface area contributed by atoms with Crippen LogP contribution in [0.3, 0.4) is 0 Å². The molecule has 3 aromatic rings. The van der Waals surface area contributed by atoms with E-state index in [2.05, 4.69) is 60.2 Å². The zero-order valence-electron chi connectivity index (χ0n) is 18.7. The third kappa shape index (κ3) is 5.32. The van der Waals surface area contributed by atoms with E-state index in [1.165, 1.54) is 5.69 Å². The number of fused-ring (bicyclic) bond motifs is 1. The lowest BCUT2D eigenvalue weighted by Crippen LogP contribution is -2.28. The minimum atomic E-state index is -0.202. The highest BCUT2D eigenvalue weighted by Crippen LogP contribution is 2.31. The number of aliphatic hydroxyl groups is 1. The summed E-state index contributed by atoms with van der Waals surface area (Å²) in [6.45, 7) is 1.98. The highest BCUT2D eigenvalue weighted by Gasteiger charge is 2.22. The highest BCUT2D eigenvalue weighted by molar-refractivity contribution is 5.87. The smallest absolute Gasteiger partial charge is 0.223 e. The molecule has 0 spiro atoms. The van der Waals surface area contributed by atoms with Gasteiger partial charge in [0.25, 0.3) is 0 Å². The maximum atomic E-state index is 9.79. The Balaban J connectivity index is 1.59. The first-order valence-corrected chi connectivity index (χ1v) is 11.1. The first-order chi connectivity index (χ1) is 15.0. The fourth-order valence-electron chi connectivity index (χ4n) is 3.97. The molecule has 1 N–H and O–H groups in total. The fraction of sp³-hybridized carbons (Fsp3) is 0.440. The second-order valence-electron chi connectivity index (χ2n) is 8.70. The van der Waals surface area contributed by atoms with E-state index in [0.717, 1.165) is 60.9 Å². The molecule has 1 saturated carbocycles. The van der Waals surface area contributed by atoms with E-state index in [-0.39, 0.29) is 12.2 Å². The van der Waals surface area contributed by atoms with E-state index < -0.39 is 0 Å². The van der Waals surface area contributed by atoms with Gasteiger partial charge in [-0.1, -0.05) is 12.1 Å². The lowest BCUT2D eigenvalue weighted by molar-refractivity contribution is 0.0652. The van der Waals surface area contributed by atoms with E-state index in [1.807, 2.05) is 18.2 Å². The van der Waals surface area contributed by atoms with E-state index in [9.17, 15) is 5.11 Å². The molecule has 6 heteroatoms. The molecule has 0 unspecified atom stereocenters. The van der Waals surface area contributed by atoms with Gasteiger partial charge in [-0.25, -0.2) is 4.98 Å². The Kier molecular flexibility index (Phi) is 6.68. The summed E-state index contributed by atoms with van der Waals surface area (Å²) >= 11 is 0. The zero-order valence-corrected chi connectivity index (χ0v) is 18.7. The maximum Gasteiger partial charge on any atom is 0.223 e. The lowest BCUT2D eigenvalue weighted by Gasteiger charge is -2.26. The third-order valence-electron chi connectivity index (χ3n) is 5.97. The molecule has 6 nitrogen and oxygen atoms in total. The van der Waals surface area contributed by atoms with Crippen LogP contribution < -0.4 is 9.64 Å². The largest absolute Gasteiger partial charge is 0.474 e. The first kappa shape index (κ1) is 21.5. The van der Waals surface area contributed by atoms with Crippen molar-refractivity contribution in [1.82, 2.24) is 14.9 Å². The first-order valence-electron chi connectivity index (χ1n) is 11.1. The summed E-state index contributed by atoms with van der Waals surface area (Å²) in [5.41, 5.74) is 3.97. The molecule has 2 aromatic heterocycles. The molecule has 31 heavy (non-hydrogen) atoms. The van der Waals surface area contributed by atoms with Gasteiger partial charge in [0.1, 0.15) is 6.10 Å². The molecule has 1 aliphatic rings. The van der Waals surface area contributed by atoms with Crippen molar-refractivity contribution in [2.24, 2.45) is 0 Å². The van der Waals surface area contributed by atoms with Crippen molar-refractivity contribution in [2.75, 3.05) is 39.1 Å². The second-order valence-corrected chi connectivity index (χ2v) is 8.70. The van der Waals surface area contributed by atoms with Crippen LogP contribution in [0.5, 0.6) is 5.88 Å². The quantitative estimate of drug-likeness (QED) is 0.624. The van der Waals surface area contributed by atoms with Gasteiger partial charge in [-0.2, -0.15) is 0 Å². The topological polar surface area (TPSA) is 61.7 Å². The minimum Gasteiger partial charge on any atom is -0.474 e. The van der Waals surface area contributed by atoms with Crippen molar-refractivity contribution in [1.29, 1.82) is 0 Å². The summed E-state index contributed by atoms with van der Waals surface area (Å²) in [6.07, 6.45) is 4.95. The standard InChI is InChI=1S/C25H32N4O2/c1-28(2)15-16-29(3)19-8-6-18(7-9-19)23-17-24-22(5-4-14-26-24)25(27-23)31-21-12-10-20(30)11-13-21/h4-9,14,17,20-21,30H,10-13,15-16H2,1-3H3. The van der Waals surface area contributed by atoms with Crippen LogP contribution in [0.1, 0.15) is 25.7 Å². The molecule has 2 heterocycles. The normalized spacial score (nSPS) is 19.0. The van der Waals surface area contributed by atoms with Crippen LogP contribution in [0.2, 0.25) is 0 Å². The van der Waals surface area contributed by atoms with Gasteiger partial charge in [-0.05, 0) is 70.1 Å². The number of ether oxygens (including phenoxy) is 1. The molecular weight excluding hydrogens is 388 g/mol. The Morgan fingerprint density at radius 3 is 2.45 bits per heavy atom. The van der Waals surface area contributed by atoms with Crippen LogP contribution in [0.4, 0.5) is 5.69 Å². The Morgan fingerprint density at radius 1 is 1.00 bits per heavy atom. The van der Waals surface area contributed by atoms with Gasteiger partial charge in [-0.3, -0.25) is 4.98 Å². The molecule has 1 aliphatic carbocycles. The van der Waals surface area contributed by atoms with Crippen molar-refractivity contribution in [2.45, 2.75) is 37.9 Å². The highest BCUT2D eigenvalue weighted by atomic mass is 16.5. The van der Waals surface area contributed by atoms with E-state index in [4.69, 9.17) is 9.72 Å². The molecule has 0 atom stereocenters. The summed E-state index contributed by atoms with van der Waals surface area (Å²) in [5.74, 6) is 0.633. The van der Waals surface area contributed by atoms with Gasteiger partial charge in [0.15, 0.2) is 0 Å². The van der Waals surface area contributed by atoms with Crippen LogP contribution in [-0.2, 0) is 0 Å². The van der Waals surface area contributed by atoms with E-state index in [0.29, 0.717) is 5.88 Å². The van der Waals surface area contributed by atoms with E-state index in [1.54, 1.807) is 6.20 Å². The van der Waals surface area contributed by atoms with Crippen LogP contribution in [0.15, 0.2) is 48.7 Å². The van der Waals surface area contributed by atoms with Gasteiger partial charge < -0.3 is 19.6 Å². The molecule has 4 rings (SSSR count). The summed E-state index contributed by atoms with van der Waals surface area (Å²) in [7, 11) is 6.29. The molecule has 0 amide bonds. The SMILES string of the molecule is CN(C)CCN(C)c1ccc(-c2cc3ncccc3c(OC3CCC(O)CC3)n2)cc1. The minimum absolute atomic E-state index is 0.0854. The summed E-state index contributed by atoms with van der Waals surface area (Å²) in [5, 5.41) is 10.7. The van der Waals surface area contributed by atoms with Gasteiger partial charge >= 0.3 is 0 Å². The third-order valence-corrected chi connectivity index (χ3v) is 5.97. The van der Waals surface area contributed by atoms with Crippen LogP contribution >= 0.6 is 0 Å². The number of pyridine rings is 2. The van der Waals surface area contributed by atoms with Crippen molar-refractivity contribution >= 4 is 16.6 Å². The Labute approximate surface area is 184 Å². The van der Waals surface area contributed by atoms with Crippen LogP contribution in [0.25, 0.3) is 22.2 Å². The number of aliphatic hydroxyl groups excluding tert-OH is 1. The zero-order chi connectivity index (χ0) is 21.8. The van der Waals surface area contributed by atoms with Crippen LogP contribution in [0, 0.1) is 0 Å². The van der Waals surface area contributed by atoms with Crippen molar-refractivity contribution < 1.29 is 9.84 Å². The number of anilines is 1. The molecule has 1 aromatic carbocycles. The number of aromatic nitrogens is 2. The number of hydrogen-bond acceptors (Lipinski definition) is 6. The van der Waals surface area contributed by atoms with Gasteiger partial charge in [0.2, 0.25) is 5.88 Å². The number of likely N-dealkylation sites (N-methyl/N-ethyl adjacent to an activating group) is 2. The second kappa shape index (κ2) is 9.62. The Bertz CT molecular complexity index is 998. The molecule has 0 radical (unpaired) electrons. The molecule has 0 saturated heterocycles. The monoisotopic (exact) mass is 420 g/mol. The number of hydrogen-bond donors (Lipinski definition) is 1. The fourth-order valence-corrected chi connectivity index (χ4v) is 3.97. The van der Waals surface area contributed by atoms with Gasteiger partial charge in [0.05, 0.1) is 22.7 Å². The molecule has 0 aliphatic heterocycles. The van der Waals surface area contributed by atoms with Crippen molar-refractivity contribution in [3.05, 3.63) is 48.7 Å². The Hall–Kier alpha value is -2.70. The molecule has 1 fully saturated rings. The summed E-state index contributed by atoms with van der Waals surface area (Å²) in [6, 6.07) is 14.4. The van der Waals surface area contributed by atoms with Crippen LogP contribution in [-0.4, -0.2) is 66.4 Å². The van der Waals surface area contributed by atoms with Gasteiger partial charge in [0, 0.05) is 37.6 Å². The lowest BCUT2D eigenvalue weighted by atomic mass is 9.95. The summed E-state index contributed by atoms with van der Waals surface area (Å²) in [4.78, 5) is 13.9. The number of nitrogens with zero attached hydrogens (tertiary/aromatic N) is 4. The number of rotatable bonds is 7. The summed E-state index contributed by atoms with van der Waals surface area (Å²) < 4.78 is 6.32. The molecule has 164 valence electrons. The molecule has 0 bridgehead atoms. The maximum absolute atomic E-state index is 9.79. The molecular formula is C25H32N4O2.